The van der Waals surface area contributed by atoms with Gasteiger partial charge in [0.25, 0.3) is 0 Å². The smallest absolute Gasteiger partial charge is 0.123 e. The maximum Gasteiger partial charge on any atom is 0.123 e. The van der Waals surface area contributed by atoms with Crippen LogP contribution < -0.4 is 5.73 Å². The van der Waals surface area contributed by atoms with E-state index in [0.29, 0.717) is 12.0 Å². The van der Waals surface area contributed by atoms with Gasteiger partial charge < -0.3 is 10.8 Å². The summed E-state index contributed by atoms with van der Waals surface area (Å²) in [7, 11) is 0. The first-order valence-corrected chi connectivity index (χ1v) is 6.31. The number of aliphatic hydroxyl groups excluding tert-OH is 1. The Labute approximate surface area is 112 Å². The molecule has 0 saturated heterocycles. The standard InChI is InChI=1S/C16H18FNO/c1-11-7-8-13(17)10-14(11)16(18)15(19)9-12-5-3-2-4-6-12/h2-8,10,15-16,19H,9,18H2,1H3/t15-,16+/m0/s1. The summed E-state index contributed by atoms with van der Waals surface area (Å²) in [5.41, 5.74) is 8.60. The summed E-state index contributed by atoms with van der Waals surface area (Å²) in [6, 6.07) is 13.5. The zero-order valence-corrected chi connectivity index (χ0v) is 10.9. The van der Waals surface area contributed by atoms with Gasteiger partial charge in [-0.1, -0.05) is 36.4 Å². The Kier molecular flexibility index (Phi) is 4.30. The van der Waals surface area contributed by atoms with Gasteiger partial charge in [0.1, 0.15) is 5.82 Å². The van der Waals surface area contributed by atoms with Gasteiger partial charge in [-0.25, -0.2) is 4.39 Å². The molecule has 0 amide bonds. The maximum atomic E-state index is 13.3. The van der Waals surface area contributed by atoms with Gasteiger partial charge in [-0.15, -0.1) is 0 Å². The Morgan fingerprint density at radius 3 is 2.53 bits per heavy atom. The molecule has 0 heterocycles. The van der Waals surface area contributed by atoms with Crippen LogP contribution in [0.3, 0.4) is 0 Å². The Bertz CT molecular complexity index is 542. The minimum Gasteiger partial charge on any atom is -0.391 e. The van der Waals surface area contributed by atoms with Crippen molar-refractivity contribution in [3.05, 3.63) is 71.0 Å². The molecule has 100 valence electrons. The van der Waals surface area contributed by atoms with Crippen LogP contribution in [-0.4, -0.2) is 11.2 Å². The molecular formula is C16H18FNO. The molecular weight excluding hydrogens is 241 g/mol. The van der Waals surface area contributed by atoms with Crippen molar-refractivity contribution in [2.75, 3.05) is 0 Å². The molecule has 0 bridgehead atoms. The third-order valence-electron chi connectivity index (χ3n) is 3.30. The number of hydrogen-bond acceptors (Lipinski definition) is 2. The molecule has 0 aliphatic heterocycles. The lowest BCUT2D eigenvalue weighted by Gasteiger charge is -2.21. The SMILES string of the molecule is Cc1ccc(F)cc1[C@@H](N)[C@@H](O)Cc1ccccc1. The molecule has 0 fully saturated rings. The monoisotopic (exact) mass is 259 g/mol. The van der Waals surface area contributed by atoms with Crippen LogP contribution in [-0.2, 0) is 6.42 Å². The summed E-state index contributed by atoms with van der Waals surface area (Å²) in [4.78, 5) is 0. The van der Waals surface area contributed by atoms with Crippen LogP contribution in [0.4, 0.5) is 4.39 Å². The van der Waals surface area contributed by atoms with Gasteiger partial charge in [0, 0.05) is 6.42 Å². The van der Waals surface area contributed by atoms with E-state index in [-0.39, 0.29) is 5.82 Å². The summed E-state index contributed by atoms with van der Waals surface area (Å²) in [6.07, 6.45) is -0.277. The average Bonchev–Trinajstić information content (AvgIpc) is 2.42. The summed E-state index contributed by atoms with van der Waals surface area (Å²) in [6.45, 7) is 1.86. The molecule has 0 aromatic heterocycles. The van der Waals surface area contributed by atoms with E-state index in [1.165, 1.54) is 12.1 Å². The van der Waals surface area contributed by atoms with Gasteiger partial charge >= 0.3 is 0 Å². The van der Waals surface area contributed by atoms with Crippen molar-refractivity contribution in [3.8, 4) is 0 Å². The Morgan fingerprint density at radius 2 is 1.84 bits per heavy atom. The normalized spacial score (nSPS) is 14.1. The number of rotatable bonds is 4. The average molecular weight is 259 g/mol. The highest BCUT2D eigenvalue weighted by atomic mass is 19.1. The minimum atomic E-state index is -0.733. The quantitative estimate of drug-likeness (QED) is 0.887. The van der Waals surface area contributed by atoms with E-state index in [2.05, 4.69) is 0 Å². The largest absolute Gasteiger partial charge is 0.391 e. The van der Waals surface area contributed by atoms with Gasteiger partial charge in [-0.2, -0.15) is 0 Å². The zero-order chi connectivity index (χ0) is 13.8. The predicted octanol–water partition coefficient (Wildman–Crippen LogP) is 2.74. The first-order chi connectivity index (χ1) is 9.08. The molecule has 2 nitrogen and oxygen atoms in total. The molecule has 0 aliphatic rings. The molecule has 3 N–H and O–H groups in total. The Balaban J connectivity index is 2.14. The molecule has 0 unspecified atom stereocenters. The number of nitrogens with two attached hydrogens (primary N) is 1. The minimum absolute atomic E-state index is 0.331. The van der Waals surface area contributed by atoms with Crippen molar-refractivity contribution >= 4 is 0 Å². The molecule has 2 rings (SSSR count). The van der Waals surface area contributed by atoms with Crippen molar-refractivity contribution < 1.29 is 9.50 Å². The molecule has 2 aromatic carbocycles. The van der Waals surface area contributed by atoms with Gasteiger partial charge in [0.05, 0.1) is 12.1 Å². The number of halogens is 1. The van der Waals surface area contributed by atoms with Crippen molar-refractivity contribution in [1.82, 2.24) is 0 Å². The molecule has 0 saturated carbocycles. The summed E-state index contributed by atoms with van der Waals surface area (Å²) in [5, 5.41) is 10.2. The van der Waals surface area contributed by atoms with Crippen LogP contribution in [0.15, 0.2) is 48.5 Å². The topological polar surface area (TPSA) is 46.2 Å². The fourth-order valence-corrected chi connectivity index (χ4v) is 2.16. The van der Waals surface area contributed by atoms with Crippen LogP contribution in [0, 0.1) is 12.7 Å². The highest BCUT2D eigenvalue weighted by Crippen LogP contribution is 2.22. The first-order valence-electron chi connectivity index (χ1n) is 6.31. The van der Waals surface area contributed by atoms with E-state index >= 15 is 0 Å². The number of hydrogen-bond donors (Lipinski definition) is 2. The molecule has 0 aliphatic carbocycles. The van der Waals surface area contributed by atoms with Crippen LogP contribution >= 0.6 is 0 Å². The summed E-state index contributed by atoms with van der Waals surface area (Å²) >= 11 is 0. The third-order valence-corrected chi connectivity index (χ3v) is 3.30. The van der Waals surface area contributed by atoms with Crippen LogP contribution in [0.1, 0.15) is 22.7 Å². The molecule has 19 heavy (non-hydrogen) atoms. The van der Waals surface area contributed by atoms with Crippen molar-refractivity contribution in [3.63, 3.8) is 0 Å². The van der Waals surface area contributed by atoms with Gasteiger partial charge in [-0.05, 0) is 35.7 Å². The van der Waals surface area contributed by atoms with E-state index < -0.39 is 12.1 Å². The van der Waals surface area contributed by atoms with E-state index in [1.807, 2.05) is 37.3 Å². The Hall–Kier alpha value is -1.71. The lowest BCUT2D eigenvalue weighted by Crippen LogP contribution is -2.28. The van der Waals surface area contributed by atoms with E-state index in [4.69, 9.17) is 5.73 Å². The molecule has 0 spiro atoms. The molecule has 0 radical (unpaired) electrons. The van der Waals surface area contributed by atoms with Crippen molar-refractivity contribution in [1.29, 1.82) is 0 Å². The van der Waals surface area contributed by atoms with E-state index in [0.717, 1.165) is 11.1 Å². The fourth-order valence-electron chi connectivity index (χ4n) is 2.16. The second kappa shape index (κ2) is 5.95. The molecule has 2 atom stereocenters. The maximum absolute atomic E-state index is 13.3. The predicted molar refractivity (Wildman–Crippen MR) is 74.2 cm³/mol. The van der Waals surface area contributed by atoms with E-state index in [1.54, 1.807) is 6.07 Å². The summed E-state index contributed by atoms with van der Waals surface area (Å²) in [5.74, 6) is -0.331. The van der Waals surface area contributed by atoms with Gasteiger partial charge in [0.15, 0.2) is 0 Å². The number of benzene rings is 2. The highest BCUT2D eigenvalue weighted by Gasteiger charge is 2.19. The fraction of sp³-hybridized carbons (Fsp3) is 0.250. The highest BCUT2D eigenvalue weighted by molar-refractivity contribution is 5.30. The third kappa shape index (κ3) is 3.40. The second-order valence-electron chi connectivity index (χ2n) is 4.78. The van der Waals surface area contributed by atoms with Crippen molar-refractivity contribution in [2.45, 2.75) is 25.5 Å². The van der Waals surface area contributed by atoms with Gasteiger partial charge in [0.2, 0.25) is 0 Å². The van der Waals surface area contributed by atoms with Crippen molar-refractivity contribution in [2.24, 2.45) is 5.73 Å². The molecule has 3 heteroatoms. The van der Waals surface area contributed by atoms with Crippen LogP contribution in [0.2, 0.25) is 0 Å². The van der Waals surface area contributed by atoms with Crippen LogP contribution in [0.5, 0.6) is 0 Å². The van der Waals surface area contributed by atoms with Crippen LogP contribution in [0.25, 0.3) is 0 Å². The lowest BCUT2D eigenvalue weighted by molar-refractivity contribution is 0.144. The second-order valence-corrected chi connectivity index (χ2v) is 4.78. The lowest BCUT2D eigenvalue weighted by atomic mass is 9.94. The zero-order valence-electron chi connectivity index (χ0n) is 10.9. The summed E-state index contributed by atoms with van der Waals surface area (Å²) < 4.78 is 13.3. The molecule has 2 aromatic rings. The van der Waals surface area contributed by atoms with E-state index in [9.17, 15) is 9.50 Å². The number of aryl methyl sites for hydroxylation is 1. The number of aliphatic hydroxyl groups is 1. The van der Waals surface area contributed by atoms with Gasteiger partial charge in [-0.3, -0.25) is 0 Å². The first kappa shape index (κ1) is 13.7. The Morgan fingerprint density at radius 1 is 1.16 bits per heavy atom.